The summed E-state index contributed by atoms with van der Waals surface area (Å²) in [6, 6.07) is 16.6. The highest BCUT2D eigenvalue weighted by atomic mass is 32.2. The number of fused-ring (bicyclic) bond motifs is 3. The number of benzene rings is 2. The van der Waals surface area contributed by atoms with Crippen LogP contribution in [0.1, 0.15) is 23.6 Å². The van der Waals surface area contributed by atoms with E-state index in [0.717, 1.165) is 33.3 Å². The lowest BCUT2D eigenvalue weighted by molar-refractivity contribution is -0.131. The summed E-state index contributed by atoms with van der Waals surface area (Å²) in [6.07, 6.45) is 2.90. The summed E-state index contributed by atoms with van der Waals surface area (Å²) in [5.41, 5.74) is 5.45. The van der Waals surface area contributed by atoms with Crippen LogP contribution in [0.15, 0.2) is 65.7 Å². The van der Waals surface area contributed by atoms with Gasteiger partial charge >= 0.3 is 0 Å². The van der Waals surface area contributed by atoms with Crippen molar-refractivity contribution in [1.29, 1.82) is 0 Å². The number of rotatable bonds is 5. The molecule has 4 aromatic rings. The number of sulfone groups is 1. The topological polar surface area (TPSA) is 96.0 Å². The van der Waals surface area contributed by atoms with Gasteiger partial charge in [-0.05, 0) is 35.2 Å². The van der Waals surface area contributed by atoms with Crippen LogP contribution in [0.4, 0.5) is 0 Å². The quantitative estimate of drug-likeness (QED) is 0.491. The van der Waals surface area contributed by atoms with E-state index in [2.05, 4.69) is 15.2 Å². The Bertz CT molecular complexity index is 1430. The summed E-state index contributed by atoms with van der Waals surface area (Å²) in [4.78, 5) is 19.6. The molecule has 0 saturated heterocycles. The Morgan fingerprint density at radius 1 is 1.09 bits per heavy atom. The summed E-state index contributed by atoms with van der Waals surface area (Å²) < 4.78 is 24.3. The molecule has 0 spiro atoms. The smallest absolute Gasteiger partial charge is 0.227 e. The summed E-state index contributed by atoms with van der Waals surface area (Å²) in [7, 11) is -3.25. The molecule has 5 rings (SSSR count). The Kier molecular flexibility index (Phi) is 5.46. The van der Waals surface area contributed by atoms with Crippen molar-refractivity contribution in [3.05, 3.63) is 77.5 Å². The standard InChI is InChI=1S/C25H24N4O3S/c1-2-33(31,32)20-10-8-18(9-11-20)24-23-21-12-13-29(16-19(21)15-26-25(23)28-27-24)22(30)14-17-6-4-3-5-7-17/h3-11,15H,2,12-14,16H2,1H3,(H,26,27,28). The highest BCUT2D eigenvalue weighted by Crippen LogP contribution is 2.33. The summed E-state index contributed by atoms with van der Waals surface area (Å²) in [6.45, 7) is 2.79. The minimum Gasteiger partial charge on any atom is -0.338 e. The van der Waals surface area contributed by atoms with Crippen LogP contribution in [-0.4, -0.2) is 46.7 Å². The molecule has 33 heavy (non-hydrogen) atoms. The van der Waals surface area contributed by atoms with Crippen molar-refractivity contribution >= 4 is 26.8 Å². The van der Waals surface area contributed by atoms with Crippen LogP contribution in [0.3, 0.4) is 0 Å². The lowest BCUT2D eigenvalue weighted by Crippen LogP contribution is -2.37. The van der Waals surface area contributed by atoms with Crippen molar-refractivity contribution in [2.45, 2.75) is 31.2 Å². The third kappa shape index (κ3) is 4.02. The fraction of sp³-hybridized carbons (Fsp3) is 0.240. The molecule has 168 valence electrons. The second-order valence-corrected chi connectivity index (χ2v) is 10.5. The Morgan fingerprint density at radius 3 is 2.58 bits per heavy atom. The Balaban J connectivity index is 1.45. The van der Waals surface area contributed by atoms with Gasteiger partial charge in [-0.1, -0.05) is 49.4 Å². The van der Waals surface area contributed by atoms with Crippen molar-refractivity contribution in [1.82, 2.24) is 20.1 Å². The van der Waals surface area contributed by atoms with Gasteiger partial charge in [-0.15, -0.1) is 0 Å². The van der Waals surface area contributed by atoms with E-state index < -0.39 is 9.84 Å². The third-order valence-corrected chi connectivity index (χ3v) is 7.96. The van der Waals surface area contributed by atoms with E-state index in [0.29, 0.717) is 36.5 Å². The molecule has 8 heteroatoms. The first-order valence-corrected chi connectivity index (χ1v) is 12.6. The second-order valence-electron chi connectivity index (χ2n) is 8.21. The first-order valence-electron chi connectivity index (χ1n) is 11.0. The van der Waals surface area contributed by atoms with Crippen LogP contribution in [0.5, 0.6) is 0 Å². The molecule has 0 radical (unpaired) electrons. The maximum Gasteiger partial charge on any atom is 0.227 e. The lowest BCUT2D eigenvalue weighted by atomic mass is 9.95. The number of hydrogen-bond acceptors (Lipinski definition) is 5. The van der Waals surface area contributed by atoms with Gasteiger partial charge in [0.1, 0.15) is 0 Å². The van der Waals surface area contributed by atoms with E-state index in [1.54, 1.807) is 37.4 Å². The molecule has 0 bridgehead atoms. The molecular weight excluding hydrogens is 436 g/mol. The highest BCUT2D eigenvalue weighted by Gasteiger charge is 2.25. The fourth-order valence-corrected chi connectivity index (χ4v) is 5.23. The Morgan fingerprint density at radius 2 is 1.85 bits per heavy atom. The van der Waals surface area contributed by atoms with Gasteiger partial charge < -0.3 is 4.90 Å². The first-order chi connectivity index (χ1) is 16.0. The predicted octanol–water partition coefficient (Wildman–Crippen LogP) is 3.55. The van der Waals surface area contributed by atoms with Crippen molar-refractivity contribution < 1.29 is 13.2 Å². The second kappa shape index (κ2) is 8.44. The molecule has 0 saturated carbocycles. The van der Waals surface area contributed by atoms with Crippen molar-refractivity contribution in [2.24, 2.45) is 0 Å². The number of nitrogens with zero attached hydrogens (tertiary/aromatic N) is 3. The Labute approximate surface area is 192 Å². The van der Waals surface area contributed by atoms with Crippen LogP contribution >= 0.6 is 0 Å². The molecule has 7 nitrogen and oxygen atoms in total. The van der Waals surface area contributed by atoms with E-state index in [9.17, 15) is 13.2 Å². The molecule has 0 aliphatic carbocycles. The SMILES string of the molecule is CCS(=O)(=O)c1ccc(-c2[nH]nc3ncc4c(c23)CCN(C(=O)Cc2ccccc2)C4)cc1. The Hall–Kier alpha value is -3.52. The lowest BCUT2D eigenvalue weighted by Gasteiger charge is -2.29. The van der Waals surface area contributed by atoms with Crippen LogP contribution in [0.2, 0.25) is 0 Å². The summed E-state index contributed by atoms with van der Waals surface area (Å²) in [5, 5.41) is 8.38. The van der Waals surface area contributed by atoms with Crippen LogP contribution in [0.25, 0.3) is 22.3 Å². The van der Waals surface area contributed by atoms with E-state index in [-0.39, 0.29) is 11.7 Å². The summed E-state index contributed by atoms with van der Waals surface area (Å²) >= 11 is 0. The van der Waals surface area contributed by atoms with Gasteiger partial charge in [0.05, 0.1) is 28.1 Å². The molecule has 0 atom stereocenters. The summed E-state index contributed by atoms with van der Waals surface area (Å²) in [5.74, 6) is 0.170. The zero-order valence-corrected chi connectivity index (χ0v) is 19.1. The largest absolute Gasteiger partial charge is 0.338 e. The minimum absolute atomic E-state index is 0.0657. The molecule has 1 N–H and O–H groups in total. The third-order valence-electron chi connectivity index (χ3n) is 6.21. The van der Waals surface area contributed by atoms with Gasteiger partial charge in [-0.25, -0.2) is 13.4 Å². The average molecular weight is 461 g/mol. The van der Waals surface area contributed by atoms with Crippen LogP contribution in [-0.2, 0) is 34.0 Å². The van der Waals surface area contributed by atoms with E-state index in [4.69, 9.17) is 0 Å². The van der Waals surface area contributed by atoms with Crippen LogP contribution < -0.4 is 0 Å². The number of amides is 1. The number of H-pyrrole nitrogens is 1. The van der Waals surface area contributed by atoms with E-state index in [1.165, 1.54) is 0 Å². The van der Waals surface area contributed by atoms with E-state index in [1.807, 2.05) is 35.2 Å². The van der Waals surface area contributed by atoms with Crippen molar-refractivity contribution in [3.63, 3.8) is 0 Å². The molecule has 2 aromatic carbocycles. The number of carbonyl (C=O) groups excluding carboxylic acids is 1. The molecule has 0 unspecified atom stereocenters. The number of aromatic amines is 1. The maximum atomic E-state index is 12.9. The van der Waals surface area contributed by atoms with Gasteiger partial charge in [0, 0.05) is 24.8 Å². The first kappa shape index (κ1) is 21.3. The number of pyridine rings is 1. The molecule has 1 aliphatic heterocycles. The minimum atomic E-state index is -3.25. The molecule has 0 fully saturated rings. The average Bonchev–Trinajstić information content (AvgIpc) is 3.29. The molecule has 3 heterocycles. The normalized spacial score (nSPS) is 13.8. The molecule has 1 amide bonds. The van der Waals surface area contributed by atoms with Crippen molar-refractivity contribution in [3.8, 4) is 11.3 Å². The maximum absolute atomic E-state index is 12.9. The highest BCUT2D eigenvalue weighted by molar-refractivity contribution is 7.91. The van der Waals surface area contributed by atoms with Gasteiger partial charge in [0.15, 0.2) is 15.5 Å². The number of carbonyl (C=O) groups is 1. The molecular formula is C25H24N4O3S. The van der Waals surface area contributed by atoms with E-state index >= 15 is 0 Å². The number of nitrogens with one attached hydrogen (secondary N) is 1. The van der Waals surface area contributed by atoms with Gasteiger partial charge in [-0.3, -0.25) is 9.89 Å². The van der Waals surface area contributed by atoms with Crippen LogP contribution in [0, 0.1) is 0 Å². The number of aromatic nitrogens is 3. The zero-order valence-electron chi connectivity index (χ0n) is 18.3. The van der Waals surface area contributed by atoms with Crippen molar-refractivity contribution in [2.75, 3.05) is 12.3 Å². The fourth-order valence-electron chi connectivity index (χ4n) is 4.34. The monoisotopic (exact) mass is 460 g/mol. The van der Waals surface area contributed by atoms with Gasteiger partial charge in [0.2, 0.25) is 5.91 Å². The predicted molar refractivity (Wildman–Crippen MR) is 126 cm³/mol. The molecule has 2 aromatic heterocycles. The zero-order chi connectivity index (χ0) is 23.0. The number of hydrogen-bond donors (Lipinski definition) is 1. The van der Waals surface area contributed by atoms with Gasteiger partial charge in [0.25, 0.3) is 0 Å². The van der Waals surface area contributed by atoms with Gasteiger partial charge in [-0.2, -0.15) is 5.10 Å². The molecule has 1 aliphatic rings.